The van der Waals surface area contributed by atoms with Crippen molar-refractivity contribution in [3.63, 3.8) is 0 Å². The van der Waals surface area contributed by atoms with E-state index in [-0.39, 0.29) is 17.9 Å². The first-order chi connectivity index (χ1) is 11.0. The normalized spacial score (nSPS) is 9.74. The molecule has 2 aromatic rings. The van der Waals surface area contributed by atoms with Crippen molar-refractivity contribution in [2.45, 2.75) is 6.92 Å². The third kappa shape index (κ3) is 4.28. The van der Waals surface area contributed by atoms with Gasteiger partial charge in [0.2, 0.25) is 5.91 Å². The van der Waals surface area contributed by atoms with Gasteiger partial charge in [-0.3, -0.25) is 14.9 Å². The van der Waals surface area contributed by atoms with Crippen LogP contribution in [-0.2, 0) is 4.79 Å². The van der Waals surface area contributed by atoms with Crippen molar-refractivity contribution in [3.05, 3.63) is 63.7 Å². The third-order valence-electron chi connectivity index (χ3n) is 3.07. The molecule has 2 rings (SSSR count). The van der Waals surface area contributed by atoms with Gasteiger partial charge in [-0.25, -0.2) is 0 Å². The Labute approximate surface area is 132 Å². The van der Waals surface area contributed by atoms with Gasteiger partial charge >= 0.3 is 0 Å². The number of nitro benzene ring substituents is 1. The van der Waals surface area contributed by atoms with E-state index in [4.69, 9.17) is 5.26 Å². The average Bonchev–Trinajstić information content (AvgIpc) is 2.54. The molecule has 1 amide bonds. The van der Waals surface area contributed by atoms with Gasteiger partial charge in [0.05, 0.1) is 23.1 Å². The molecule has 0 aromatic heterocycles. The molecule has 0 atom stereocenters. The number of anilines is 2. The molecule has 2 N–H and O–H groups in total. The van der Waals surface area contributed by atoms with Gasteiger partial charge in [0.15, 0.2) is 0 Å². The van der Waals surface area contributed by atoms with Crippen LogP contribution < -0.4 is 10.6 Å². The molecule has 0 aliphatic rings. The molecule has 0 saturated carbocycles. The van der Waals surface area contributed by atoms with Crippen molar-refractivity contribution in [2.24, 2.45) is 0 Å². The van der Waals surface area contributed by atoms with Crippen LogP contribution >= 0.6 is 0 Å². The summed E-state index contributed by atoms with van der Waals surface area (Å²) in [7, 11) is 0. The monoisotopic (exact) mass is 310 g/mol. The minimum atomic E-state index is -0.535. The Morgan fingerprint density at radius 2 is 2.09 bits per heavy atom. The minimum Gasteiger partial charge on any atom is -0.376 e. The van der Waals surface area contributed by atoms with Crippen LogP contribution in [0, 0.1) is 28.4 Å². The van der Waals surface area contributed by atoms with E-state index in [2.05, 4.69) is 10.6 Å². The summed E-state index contributed by atoms with van der Waals surface area (Å²) >= 11 is 0. The Balaban J connectivity index is 2.03. The second-order valence-corrected chi connectivity index (χ2v) is 4.87. The Morgan fingerprint density at radius 3 is 2.78 bits per heavy atom. The summed E-state index contributed by atoms with van der Waals surface area (Å²) in [6.07, 6.45) is 0. The lowest BCUT2D eigenvalue weighted by Crippen LogP contribution is -2.22. The molecule has 0 fully saturated rings. The molecule has 23 heavy (non-hydrogen) atoms. The molecule has 0 bridgehead atoms. The zero-order valence-corrected chi connectivity index (χ0v) is 12.4. The lowest BCUT2D eigenvalue weighted by molar-refractivity contribution is -0.384. The lowest BCUT2D eigenvalue weighted by atomic mass is 10.2. The van der Waals surface area contributed by atoms with Crippen LogP contribution in [0.1, 0.15) is 11.1 Å². The Kier molecular flexibility index (Phi) is 4.89. The maximum absolute atomic E-state index is 11.9. The Bertz CT molecular complexity index is 796. The fourth-order valence-corrected chi connectivity index (χ4v) is 1.97. The van der Waals surface area contributed by atoms with E-state index in [1.54, 1.807) is 37.3 Å². The number of rotatable bonds is 5. The van der Waals surface area contributed by atoms with E-state index in [0.29, 0.717) is 11.3 Å². The SMILES string of the molecule is Cc1ccc(NC(=O)CNc2cccc(C#N)c2)c([N+](=O)[O-])c1. The smallest absolute Gasteiger partial charge is 0.293 e. The van der Waals surface area contributed by atoms with Gasteiger partial charge in [-0.2, -0.15) is 5.26 Å². The average molecular weight is 310 g/mol. The van der Waals surface area contributed by atoms with Gasteiger partial charge in [0, 0.05) is 11.8 Å². The highest BCUT2D eigenvalue weighted by Gasteiger charge is 2.15. The third-order valence-corrected chi connectivity index (χ3v) is 3.07. The fourth-order valence-electron chi connectivity index (χ4n) is 1.97. The second kappa shape index (κ2) is 7.04. The summed E-state index contributed by atoms with van der Waals surface area (Å²) in [5, 5.41) is 25.2. The number of benzene rings is 2. The number of aryl methyl sites for hydroxylation is 1. The number of carbonyl (C=O) groups excluding carboxylic acids is 1. The van der Waals surface area contributed by atoms with Crippen molar-refractivity contribution in [2.75, 3.05) is 17.2 Å². The predicted molar refractivity (Wildman–Crippen MR) is 86.1 cm³/mol. The molecule has 2 aromatic carbocycles. The van der Waals surface area contributed by atoms with E-state index in [0.717, 1.165) is 5.56 Å². The zero-order valence-electron chi connectivity index (χ0n) is 12.4. The molecule has 0 unspecified atom stereocenters. The summed E-state index contributed by atoms with van der Waals surface area (Å²) in [6, 6.07) is 13.3. The highest BCUT2D eigenvalue weighted by atomic mass is 16.6. The molecule has 0 heterocycles. The standard InChI is InChI=1S/C16H14N4O3/c1-11-5-6-14(15(7-11)20(22)23)19-16(21)10-18-13-4-2-3-12(8-13)9-17/h2-8,18H,10H2,1H3,(H,19,21). The number of nitriles is 1. The van der Waals surface area contributed by atoms with Gasteiger partial charge in [-0.1, -0.05) is 12.1 Å². The first-order valence-corrected chi connectivity index (χ1v) is 6.78. The number of hydrogen-bond acceptors (Lipinski definition) is 5. The topological polar surface area (TPSA) is 108 Å². The number of amides is 1. The van der Waals surface area contributed by atoms with Gasteiger partial charge in [-0.15, -0.1) is 0 Å². The molecular weight excluding hydrogens is 296 g/mol. The van der Waals surface area contributed by atoms with Crippen molar-refractivity contribution < 1.29 is 9.72 Å². The summed E-state index contributed by atoms with van der Waals surface area (Å²) in [4.78, 5) is 22.4. The molecule has 0 aliphatic heterocycles. The van der Waals surface area contributed by atoms with E-state index in [1.807, 2.05) is 6.07 Å². The van der Waals surface area contributed by atoms with Crippen molar-refractivity contribution in [1.29, 1.82) is 5.26 Å². The highest BCUT2D eigenvalue weighted by Crippen LogP contribution is 2.25. The molecule has 7 nitrogen and oxygen atoms in total. The first kappa shape index (κ1) is 16.0. The number of nitrogens with zero attached hydrogens (tertiary/aromatic N) is 2. The van der Waals surface area contributed by atoms with Crippen molar-refractivity contribution in [3.8, 4) is 6.07 Å². The zero-order chi connectivity index (χ0) is 16.8. The van der Waals surface area contributed by atoms with Gasteiger partial charge in [0.25, 0.3) is 5.69 Å². The van der Waals surface area contributed by atoms with Crippen molar-refractivity contribution in [1.82, 2.24) is 0 Å². The largest absolute Gasteiger partial charge is 0.376 e. The summed E-state index contributed by atoms with van der Waals surface area (Å²) in [5.41, 5.74) is 1.84. The van der Waals surface area contributed by atoms with Crippen LogP contribution in [0.15, 0.2) is 42.5 Å². The Morgan fingerprint density at radius 1 is 1.30 bits per heavy atom. The highest BCUT2D eigenvalue weighted by molar-refractivity contribution is 5.95. The van der Waals surface area contributed by atoms with Crippen LogP contribution in [0.3, 0.4) is 0 Å². The van der Waals surface area contributed by atoms with Gasteiger partial charge < -0.3 is 10.6 Å². The van der Waals surface area contributed by atoms with E-state index >= 15 is 0 Å². The molecule has 7 heteroatoms. The lowest BCUT2D eigenvalue weighted by Gasteiger charge is -2.09. The van der Waals surface area contributed by atoms with E-state index in [9.17, 15) is 14.9 Å². The van der Waals surface area contributed by atoms with Crippen molar-refractivity contribution >= 4 is 23.0 Å². The maximum Gasteiger partial charge on any atom is 0.293 e. The fraction of sp³-hybridized carbons (Fsp3) is 0.125. The minimum absolute atomic E-state index is 0.0695. The number of carbonyl (C=O) groups is 1. The first-order valence-electron chi connectivity index (χ1n) is 6.78. The van der Waals surface area contributed by atoms with E-state index < -0.39 is 10.8 Å². The van der Waals surface area contributed by atoms with Crippen LogP contribution in [0.2, 0.25) is 0 Å². The predicted octanol–water partition coefficient (Wildman–Crippen LogP) is 2.83. The van der Waals surface area contributed by atoms with Crippen LogP contribution in [0.25, 0.3) is 0 Å². The van der Waals surface area contributed by atoms with E-state index in [1.165, 1.54) is 12.1 Å². The molecule has 0 saturated heterocycles. The van der Waals surface area contributed by atoms with Gasteiger partial charge in [0.1, 0.15) is 5.69 Å². The number of nitrogens with one attached hydrogen (secondary N) is 2. The van der Waals surface area contributed by atoms with Crippen LogP contribution in [0.4, 0.5) is 17.1 Å². The van der Waals surface area contributed by atoms with Crippen LogP contribution in [-0.4, -0.2) is 17.4 Å². The molecule has 0 spiro atoms. The summed E-state index contributed by atoms with van der Waals surface area (Å²) < 4.78 is 0. The van der Waals surface area contributed by atoms with Crippen LogP contribution in [0.5, 0.6) is 0 Å². The molecular formula is C16H14N4O3. The maximum atomic E-state index is 11.9. The van der Waals surface area contributed by atoms with Gasteiger partial charge in [-0.05, 0) is 36.8 Å². The molecule has 0 radical (unpaired) electrons. The summed E-state index contributed by atoms with van der Waals surface area (Å²) in [5.74, 6) is -0.417. The quantitative estimate of drug-likeness (QED) is 0.652. The summed E-state index contributed by atoms with van der Waals surface area (Å²) in [6.45, 7) is 1.67. The molecule has 0 aliphatic carbocycles. The second-order valence-electron chi connectivity index (χ2n) is 4.87. The number of hydrogen-bond donors (Lipinski definition) is 2. The Hall–Kier alpha value is -3.40. The number of nitro groups is 1. The molecule has 116 valence electrons.